The van der Waals surface area contributed by atoms with Crippen LogP contribution in [0.3, 0.4) is 0 Å². The van der Waals surface area contributed by atoms with Gasteiger partial charge in [-0.25, -0.2) is 0 Å². The van der Waals surface area contributed by atoms with E-state index in [1.54, 1.807) is 6.07 Å². The van der Waals surface area contributed by atoms with E-state index in [-0.39, 0.29) is 12.0 Å². The molecule has 0 saturated carbocycles. The van der Waals surface area contributed by atoms with Gasteiger partial charge in [-0.1, -0.05) is 11.6 Å². The maximum atomic E-state index is 12.1. The Balaban J connectivity index is 2.00. The van der Waals surface area contributed by atoms with E-state index in [1.165, 1.54) is 0 Å². The lowest BCUT2D eigenvalue weighted by Gasteiger charge is -2.16. The van der Waals surface area contributed by atoms with Crippen molar-refractivity contribution in [2.24, 2.45) is 5.73 Å². The molecule has 1 aliphatic heterocycles. The average molecular weight is 298 g/mol. The standard InChI is InChI=1S/C14H20ClN3O2/c1-18(2)12-5-3-9(7-11(12)15)17-14(19)13-6-4-10(8-16)20-13/h3,5,7,10,13H,4,6,8,16H2,1-2H3,(H,17,19). The molecule has 6 heteroatoms. The fourth-order valence-electron chi connectivity index (χ4n) is 2.24. The van der Waals surface area contributed by atoms with Crippen molar-refractivity contribution in [1.82, 2.24) is 0 Å². The highest BCUT2D eigenvalue weighted by Gasteiger charge is 2.29. The van der Waals surface area contributed by atoms with Crippen molar-refractivity contribution in [2.45, 2.75) is 25.0 Å². The molecule has 1 aromatic carbocycles. The molecule has 1 amide bonds. The van der Waals surface area contributed by atoms with Gasteiger partial charge in [-0.3, -0.25) is 4.79 Å². The fourth-order valence-corrected chi connectivity index (χ4v) is 2.59. The van der Waals surface area contributed by atoms with Crippen molar-refractivity contribution in [2.75, 3.05) is 30.9 Å². The van der Waals surface area contributed by atoms with Gasteiger partial charge in [0.25, 0.3) is 5.91 Å². The van der Waals surface area contributed by atoms with Crippen molar-refractivity contribution >= 4 is 28.9 Å². The molecule has 110 valence electrons. The predicted octanol–water partition coefficient (Wildman–Crippen LogP) is 1.85. The minimum absolute atomic E-state index is 0.00884. The van der Waals surface area contributed by atoms with Crippen LogP contribution in [0.5, 0.6) is 0 Å². The molecular formula is C14H20ClN3O2. The van der Waals surface area contributed by atoms with E-state index in [4.69, 9.17) is 22.1 Å². The molecule has 1 aromatic rings. The molecule has 1 heterocycles. The van der Waals surface area contributed by atoms with Crippen LogP contribution in [0.25, 0.3) is 0 Å². The SMILES string of the molecule is CN(C)c1ccc(NC(=O)C2CCC(CN)O2)cc1Cl. The lowest BCUT2D eigenvalue weighted by atomic mass is 10.2. The maximum Gasteiger partial charge on any atom is 0.253 e. The molecule has 2 rings (SSSR count). The van der Waals surface area contributed by atoms with Crippen molar-refractivity contribution in [3.63, 3.8) is 0 Å². The molecule has 5 nitrogen and oxygen atoms in total. The van der Waals surface area contributed by atoms with Gasteiger partial charge in [-0.05, 0) is 31.0 Å². The van der Waals surface area contributed by atoms with Crippen molar-refractivity contribution in [3.05, 3.63) is 23.2 Å². The van der Waals surface area contributed by atoms with E-state index in [1.807, 2.05) is 31.1 Å². The van der Waals surface area contributed by atoms with E-state index >= 15 is 0 Å². The van der Waals surface area contributed by atoms with Gasteiger partial charge >= 0.3 is 0 Å². The van der Waals surface area contributed by atoms with E-state index in [9.17, 15) is 4.79 Å². The molecule has 20 heavy (non-hydrogen) atoms. The second-order valence-electron chi connectivity index (χ2n) is 5.11. The van der Waals surface area contributed by atoms with E-state index < -0.39 is 6.10 Å². The third-order valence-corrected chi connectivity index (χ3v) is 3.66. The summed E-state index contributed by atoms with van der Waals surface area (Å²) in [6.07, 6.45) is 1.10. The topological polar surface area (TPSA) is 67.6 Å². The molecule has 0 radical (unpaired) electrons. The molecular weight excluding hydrogens is 278 g/mol. The Hall–Kier alpha value is -1.30. The van der Waals surface area contributed by atoms with Crippen LogP contribution in [0, 0.1) is 0 Å². The molecule has 1 fully saturated rings. The van der Waals surface area contributed by atoms with Crippen LogP contribution in [-0.2, 0) is 9.53 Å². The minimum Gasteiger partial charge on any atom is -0.376 e. The Labute approximate surface area is 124 Å². The van der Waals surface area contributed by atoms with Crippen LogP contribution >= 0.6 is 11.6 Å². The summed E-state index contributed by atoms with van der Waals surface area (Å²) in [5.74, 6) is -0.144. The Morgan fingerprint density at radius 3 is 2.80 bits per heavy atom. The summed E-state index contributed by atoms with van der Waals surface area (Å²) in [6.45, 7) is 0.452. The van der Waals surface area contributed by atoms with Crippen LogP contribution in [-0.4, -0.2) is 38.8 Å². The van der Waals surface area contributed by atoms with Crippen molar-refractivity contribution < 1.29 is 9.53 Å². The number of nitrogens with one attached hydrogen (secondary N) is 1. The molecule has 0 aliphatic carbocycles. The highest BCUT2D eigenvalue weighted by molar-refractivity contribution is 6.33. The minimum atomic E-state index is -0.421. The summed E-state index contributed by atoms with van der Waals surface area (Å²) >= 11 is 6.17. The molecule has 2 unspecified atom stereocenters. The van der Waals surface area contributed by atoms with Gasteiger partial charge in [-0.2, -0.15) is 0 Å². The van der Waals surface area contributed by atoms with Gasteiger partial charge in [0, 0.05) is 26.3 Å². The third-order valence-electron chi connectivity index (χ3n) is 3.36. The Kier molecular flexibility index (Phi) is 4.86. The normalized spacial score (nSPS) is 21.8. The van der Waals surface area contributed by atoms with E-state index in [2.05, 4.69) is 5.32 Å². The van der Waals surface area contributed by atoms with Gasteiger partial charge in [0.1, 0.15) is 6.10 Å². The number of benzene rings is 1. The summed E-state index contributed by atoms with van der Waals surface area (Å²) in [6, 6.07) is 5.44. The van der Waals surface area contributed by atoms with Gasteiger partial charge in [-0.15, -0.1) is 0 Å². The molecule has 0 spiro atoms. The highest BCUT2D eigenvalue weighted by Crippen LogP contribution is 2.28. The number of ether oxygens (including phenoxy) is 1. The zero-order chi connectivity index (χ0) is 14.7. The third kappa shape index (κ3) is 3.42. The number of carbonyl (C=O) groups excluding carboxylic acids is 1. The van der Waals surface area contributed by atoms with Crippen LogP contribution in [0.4, 0.5) is 11.4 Å². The van der Waals surface area contributed by atoms with Gasteiger partial charge in [0.15, 0.2) is 0 Å². The van der Waals surface area contributed by atoms with Crippen molar-refractivity contribution in [3.8, 4) is 0 Å². The first-order chi connectivity index (χ1) is 9.51. The van der Waals surface area contributed by atoms with Gasteiger partial charge < -0.3 is 20.7 Å². The Morgan fingerprint density at radius 2 is 2.25 bits per heavy atom. The monoisotopic (exact) mass is 297 g/mol. The first-order valence-corrected chi connectivity index (χ1v) is 7.02. The number of nitrogens with zero attached hydrogens (tertiary/aromatic N) is 1. The second-order valence-corrected chi connectivity index (χ2v) is 5.52. The average Bonchev–Trinajstić information content (AvgIpc) is 2.87. The number of anilines is 2. The zero-order valence-corrected chi connectivity index (χ0v) is 12.5. The van der Waals surface area contributed by atoms with Crippen molar-refractivity contribution in [1.29, 1.82) is 0 Å². The van der Waals surface area contributed by atoms with Gasteiger partial charge in [0.05, 0.1) is 16.8 Å². The Bertz CT molecular complexity index is 493. The zero-order valence-electron chi connectivity index (χ0n) is 11.7. The first-order valence-electron chi connectivity index (χ1n) is 6.64. The smallest absolute Gasteiger partial charge is 0.253 e. The molecule has 3 N–H and O–H groups in total. The van der Waals surface area contributed by atoms with Crippen LogP contribution in [0.1, 0.15) is 12.8 Å². The lowest BCUT2D eigenvalue weighted by molar-refractivity contribution is -0.126. The lowest BCUT2D eigenvalue weighted by Crippen LogP contribution is -2.29. The summed E-state index contributed by atoms with van der Waals surface area (Å²) in [4.78, 5) is 14.0. The molecule has 0 aromatic heterocycles. The molecule has 1 aliphatic rings. The second kappa shape index (κ2) is 6.43. The quantitative estimate of drug-likeness (QED) is 0.890. The first kappa shape index (κ1) is 15.1. The van der Waals surface area contributed by atoms with Crippen LogP contribution in [0.15, 0.2) is 18.2 Å². The van der Waals surface area contributed by atoms with Gasteiger partial charge in [0.2, 0.25) is 0 Å². The maximum absolute atomic E-state index is 12.1. The molecule has 2 atom stereocenters. The van der Waals surface area contributed by atoms with Crippen LogP contribution < -0.4 is 16.0 Å². The molecule has 0 bridgehead atoms. The number of amides is 1. The fraction of sp³-hybridized carbons (Fsp3) is 0.500. The highest BCUT2D eigenvalue weighted by atomic mass is 35.5. The predicted molar refractivity (Wildman–Crippen MR) is 81.4 cm³/mol. The van der Waals surface area contributed by atoms with E-state index in [0.29, 0.717) is 23.7 Å². The number of halogens is 1. The number of hydrogen-bond donors (Lipinski definition) is 2. The number of nitrogens with two attached hydrogens (primary N) is 1. The number of hydrogen-bond acceptors (Lipinski definition) is 4. The summed E-state index contributed by atoms with van der Waals surface area (Å²) in [5.41, 5.74) is 7.11. The number of carbonyl (C=O) groups is 1. The summed E-state index contributed by atoms with van der Waals surface area (Å²) in [7, 11) is 3.83. The summed E-state index contributed by atoms with van der Waals surface area (Å²) < 4.78 is 5.56. The van der Waals surface area contributed by atoms with E-state index in [0.717, 1.165) is 12.1 Å². The summed E-state index contributed by atoms with van der Waals surface area (Å²) in [5, 5.41) is 3.42. The molecule has 1 saturated heterocycles. The van der Waals surface area contributed by atoms with Crippen LogP contribution in [0.2, 0.25) is 5.02 Å². The number of rotatable bonds is 4. The largest absolute Gasteiger partial charge is 0.376 e. The Morgan fingerprint density at radius 1 is 1.50 bits per heavy atom.